The van der Waals surface area contributed by atoms with Crippen molar-refractivity contribution < 1.29 is 0 Å². The molecule has 5 rings (SSSR count). The van der Waals surface area contributed by atoms with Crippen LogP contribution in [0.15, 0.2) is 133 Å². The predicted octanol–water partition coefficient (Wildman–Crippen LogP) is 16.2. The molecule has 2 N–H and O–H groups in total. The first-order chi connectivity index (χ1) is 22.9. The van der Waals surface area contributed by atoms with E-state index in [1.807, 2.05) is 190 Å². The molecule has 0 unspecified atom stereocenters. The highest BCUT2D eigenvalue weighted by atomic mass is 14.9. The van der Waals surface area contributed by atoms with Crippen LogP contribution in [0.5, 0.6) is 0 Å². The molecule has 5 aromatic rings. The van der Waals surface area contributed by atoms with Gasteiger partial charge in [0, 0.05) is 28.1 Å². The molecule has 0 bridgehead atoms. The zero-order chi connectivity index (χ0) is 36.4. The second-order valence-electron chi connectivity index (χ2n) is 6.87. The van der Waals surface area contributed by atoms with Gasteiger partial charge in [-0.2, -0.15) is 0 Å². The molecule has 0 fully saturated rings. The third-order valence-electron chi connectivity index (χ3n) is 4.68. The molecule has 258 valence electrons. The van der Waals surface area contributed by atoms with Gasteiger partial charge in [0.05, 0.1) is 0 Å². The van der Waals surface area contributed by atoms with Gasteiger partial charge in [-0.3, -0.25) is 0 Å². The lowest BCUT2D eigenvalue weighted by molar-refractivity contribution is 1.50. The van der Waals surface area contributed by atoms with Crippen LogP contribution in [0.1, 0.15) is 111 Å². The van der Waals surface area contributed by atoms with Crippen molar-refractivity contribution in [2.75, 3.05) is 10.6 Å². The quantitative estimate of drug-likeness (QED) is 0.207. The standard InChI is InChI=1S/C16H13N.C12H11N.8C2H6/c1-2-9-14(10-3-1)17-16-12-6-8-13-7-4-5-11-15(13)16;1-3-7-11(8-4-1)13-12-9-5-2-6-10-12;8*1-2/h1-12,17H;1-10,13H;8*1-2H3. The number of nitrogens with one attached hydrogen (secondary N) is 2. The van der Waals surface area contributed by atoms with Crippen molar-refractivity contribution >= 4 is 33.5 Å². The zero-order valence-electron chi connectivity index (χ0n) is 32.7. The van der Waals surface area contributed by atoms with Gasteiger partial charge >= 0.3 is 0 Å². The van der Waals surface area contributed by atoms with E-state index in [9.17, 15) is 0 Å². The van der Waals surface area contributed by atoms with E-state index >= 15 is 0 Å². The SMILES string of the molecule is CC.CC.CC.CC.CC.CC.CC.CC.c1ccc(Nc2cccc3ccccc23)cc1.c1ccc(Nc2ccccc2)cc1. The van der Waals surface area contributed by atoms with Crippen molar-refractivity contribution in [2.24, 2.45) is 0 Å². The molecular weight excluding hydrogens is 556 g/mol. The first kappa shape index (κ1) is 51.5. The highest BCUT2D eigenvalue weighted by molar-refractivity contribution is 5.95. The lowest BCUT2D eigenvalue weighted by Gasteiger charge is -2.09. The molecule has 0 atom stereocenters. The third kappa shape index (κ3) is 25.3. The third-order valence-corrected chi connectivity index (χ3v) is 4.68. The number of rotatable bonds is 4. The Morgan fingerprint density at radius 2 is 0.543 bits per heavy atom. The Kier molecular flexibility index (Phi) is 50.9. The van der Waals surface area contributed by atoms with Gasteiger partial charge in [0.25, 0.3) is 0 Å². The number of fused-ring (bicyclic) bond motifs is 1. The highest BCUT2D eigenvalue weighted by Gasteiger charge is 1.99. The highest BCUT2D eigenvalue weighted by Crippen LogP contribution is 2.26. The summed E-state index contributed by atoms with van der Waals surface area (Å²) in [6, 6.07) is 45.2. The van der Waals surface area contributed by atoms with Crippen molar-refractivity contribution in [1.29, 1.82) is 0 Å². The average Bonchev–Trinajstić information content (AvgIpc) is 3.20. The van der Waals surface area contributed by atoms with Crippen molar-refractivity contribution in [2.45, 2.75) is 111 Å². The van der Waals surface area contributed by atoms with E-state index in [1.165, 1.54) is 10.8 Å². The molecular formula is C44H72N2. The molecule has 0 aliphatic rings. The van der Waals surface area contributed by atoms with E-state index in [0.717, 1.165) is 22.7 Å². The summed E-state index contributed by atoms with van der Waals surface area (Å²) in [5.74, 6) is 0. The lowest BCUT2D eigenvalue weighted by atomic mass is 10.1. The summed E-state index contributed by atoms with van der Waals surface area (Å²) in [7, 11) is 0. The van der Waals surface area contributed by atoms with Gasteiger partial charge in [-0.1, -0.05) is 202 Å². The van der Waals surface area contributed by atoms with Crippen LogP contribution in [0.25, 0.3) is 10.8 Å². The molecule has 0 aliphatic heterocycles. The maximum atomic E-state index is 3.45. The Morgan fingerprint density at radius 1 is 0.261 bits per heavy atom. The van der Waals surface area contributed by atoms with Crippen LogP contribution in [-0.4, -0.2) is 0 Å². The number of benzene rings is 5. The fraction of sp³-hybridized carbons (Fsp3) is 0.364. The van der Waals surface area contributed by atoms with Crippen LogP contribution in [0.2, 0.25) is 0 Å². The largest absolute Gasteiger partial charge is 0.356 e. The molecule has 0 aliphatic carbocycles. The van der Waals surface area contributed by atoms with Crippen LogP contribution < -0.4 is 10.6 Å². The van der Waals surface area contributed by atoms with E-state index in [0.29, 0.717) is 0 Å². The number of anilines is 4. The number of para-hydroxylation sites is 3. The average molecular weight is 629 g/mol. The molecule has 2 nitrogen and oxygen atoms in total. The maximum absolute atomic E-state index is 3.45. The molecule has 0 saturated carbocycles. The first-order valence-electron chi connectivity index (χ1n) is 18.1. The summed E-state index contributed by atoms with van der Waals surface area (Å²) in [5, 5.41) is 9.26. The van der Waals surface area contributed by atoms with Crippen LogP contribution in [0.3, 0.4) is 0 Å². The minimum absolute atomic E-state index is 1.11. The minimum atomic E-state index is 1.11. The minimum Gasteiger partial charge on any atom is -0.356 e. The van der Waals surface area contributed by atoms with Crippen LogP contribution in [0.4, 0.5) is 22.7 Å². The van der Waals surface area contributed by atoms with Gasteiger partial charge < -0.3 is 10.6 Å². The molecule has 2 heteroatoms. The van der Waals surface area contributed by atoms with Crippen molar-refractivity contribution in [1.82, 2.24) is 0 Å². The van der Waals surface area contributed by atoms with Gasteiger partial charge in [-0.05, 0) is 47.9 Å². The zero-order valence-corrected chi connectivity index (χ0v) is 32.7. The molecule has 0 spiro atoms. The molecule has 0 amide bonds. The number of hydrogen-bond donors (Lipinski definition) is 2. The molecule has 5 aromatic carbocycles. The molecule has 0 radical (unpaired) electrons. The number of hydrogen-bond acceptors (Lipinski definition) is 2. The van der Waals surface area contributed by atoms with Crippen molar-refractivity contribution in [3.8, 4) is 0 Å². The van der Waals surface area contributed by atoms with Crippen LogP contribution in [0, 0.1) is 0 Å². The maximum Gasteiger partial charge on any atom is 0.0463 e. The normalized spacial score (nSPS) is 7.57. The fourth-order valence-electron chi connectivity index (χ4n) is 3.22. The fourth-order valence-corrected chi connectivity index (χ4v) is 3.22. The van der Waals surface area contributed by atoms with Gasteiger partial charge in [-0.15, -0.1) is 0 Å². The van der Waals surface area contributed by atoms with E-state index < -0.39 is 0 Å². The lowest BCUT2D eigenvalue weighted by Crippen LogP contribution is -1.90. The van der Waals surface area contributed by atoms with Gasteiger partial charge in [-0.25, -0.2) is 0 Å². The molecule has 0 heterocycles. The molecule has 0 saturated heterocycles. The summed E-state index contributed by atoms with van der Waals surface area (Å²) in [5.41, 5.74) is 4.50. The van der Waals surface area contributed by atoms with Gasteiger partial charge in [0.1, 0.15) is 0 Å². The molecule has 0 aromatic heterocycles. The van der Waals surface area contributed by atoms with Crippen LogP contribution >= 0.6 is 0 Å². The topological polar surface area (TPSA) is 24.1 Å². The summed E-state index contributed by atoms with van der Waals surface area (Å²) in [4.78, 5) is 0. The van der Waals surface area contributed by atoms with Crippen molar-refractivity contribution in [3.63, 3.8) is 0 Å². The smallest absolute Gasteiger partial charge is 0.0463 e. The first-order valence-corrected chi connectivity index (χ1v) is 18.1. The van der Waals surface area contributed by atoms with Crippen LogP contribution in [-0.2, 0) is 0 Å². The van der Waals surface area contributed by atoms with E-state index in [-0.39, 0.29) is 0 Å². The van der Waals surface area contributed by atoms with Crippen molar-refractivity contribution in [3.05, 3.63) is 133 Å². The second kappa shape index (κ2) is 45.4. The summed E-state index contributed by atoms with van der Waals surface area (Å²) in [6.45, 7) is 32.0. The summed E-state index contributed by atoms with van der Waals surface area (Å²) in [6.07, 6.45) is 0. The van der Waals surface area contributed by atoms with E-state index in [2.05, 4.69) is 65.2 Å². The Bertz CT molecular complexity index is 1130. The Balaban J connectivity index is -0.000000172. The Labute approximate surface area is 287 Å². The Hall–Kier alpha value is -4.04. The predicted molar refractivity (Wildman–Crippen MR) is 221 cm³/mol. The van der Waals surface area contributed by atoms with Gasteiger partial charge in [0.2, 0.25) is 0 Å². The van der Waals surface area contributed by atoms with Gasteiger partial charge in [0.15, 0.2) is 0 Å². The Morgan fingerprint density at radius 3 is 0.913 bits per heavy atom. The van der Waals surface area contributed by atoms with E-state index in [4.69, 9.17) is 0 Å². The monoisotopic (exact) mass is 629 g/mol. The molecule has 46 heavy (non-hydrogen) atoms. The summed E-state index contributed by atoms with van der Waals surface area (Å²) >= 11 is 0. The summed E-state index contributed by atoms with van der Waals surface area (Å²) < 4.78 is 0. The van der Waals surface area contributed by atoms with E-state index in [1.54, 1.807) is 0 Å². The second-order valence-corrected chi connectivity index (χ2v) is 6.87.